The summed E-state index contributed by atoms with van der Waals surface area (Å²) in [7, 11) is 0. The van der Waals surface area contributed by atoms with E-state index in [1.807, 2.05) is 37.8 Å². The van der Waals surface area contributed by atoms with Crippen molar-refractivity contribution in [2.75, 3.05) is 11.5 Å². The average Bonchev–Trinajstić information content (AvgIpc) is 2.68. The highest BCUT2D eigenvalue weighted by Gasteiger charge is 2.31. The Kier molecular flexibility index (Phi) is 6.34. The number of anilines is 1. The Bertz CT molecular complexity index is 1040. The van der Waals surface area contributed by atoms with Gasteiger partial charge in [-0.25, -0.2) is 9.18 Å². The van der Waals surface area contributed by atoms with Crippen molar-refractivity contribution in [1.82, 2.24) is 0 Å². The Morgan fingerprint density at radius 3 is 2.57 bits per heavy atom. The molecule has 2 aromatic rings. The molecule has 4 nitrogen and oxygen atoms in total. The van der Waals surface area contributed by atoms with E-state index in [2.05, 4.69) is 6.58 Å². The standard InChI is InChI=1S/C24H25ClFNO3/c1-13(2)22(12-28)27-11-19(24(29)30)15(4)18-10-17(14(3)8-21(18)27)9-16-6-5-7-20(25)23(16)26/h5-8,10-11,13,22,28H,4,9,12H2,1-3H3,(H,29,30). The zero-order chi connectivity index (χ0) is 22.2. The highest BCUT2D eigenvalue weighted by Crippen LogP contribution is 2.40. The van der Waals surface area contributed by atoms with Gasteiger partial charge in [-0.05, 0) is 53.3 Å². The third kappa shape index (κ3) is 4.00. The molecule has 0 saturated carbocycles. The Balaban J connectivity index is 2.14. The van der Waals surface area contributed by atoms with E-state index in [4.69, 9.17) is 11.6 Å². The maximum absolute atomic E-state index is 14.4. The molecule has 1 atom stereocenters. The number of halogens is 2. The number of hydrogen-bond acceptors (Lipinski definition) is 3. The van der Waals surface area contributed by atoms with Crippen LogP contribution in [0, 0.1) is 18.7 Å². The minimum atomic E-state index is -1.08. The van der Waals surface area contributed by atoms with Crippen molar-refractivity contribution >= 4 is 28.8 Å². The highest BCUT2D eigenvalue weighted by molar-refractivity contribution is 6.30. The summed E-state index contributed by atoms with van der Waals surface area (Å²) in [5.74, 6) is -1.46. The van der Waals surface area contributed by atoms with Crippen LogP contribution < -0.4 is 4.90 Å². The second kappa shape index (κ2) is 8.62. The lowest BCUT2D eigenvalue weighted by Crippen LogP contribution is -2.40. The second-order valence-corrected chi connectivity index (χ2v) is 8.32. The molecule has 30 heavy (non-hydrogen) atoms. The quantitative estimate of drug-likeness (QED) is 0.662. The maximum Gasteiger partial charge on any atom is 0.337 e. The molecule has 1 aliphatic rings. The summed E-state index contributed by atoms with van der Waals surface area (Å²) < 4.78 is 14.4. The molecular weight excluding hydrogens is 405 g/mol. The van der Waals surface area contributed by atoms with Gasteiger partial charge in [0.05, 0.1) is 23.2 Å². The largest absolute Gasteiger partial charge is 0.478 e. The fourth-order valence-corrected chi connectivity index (χ4v) is 3.98. The fraction of sp³-hybridized carbons (Fsp3) is 0.292. The van der Waals surface area contributed by atoms with Crippen LogP contribution in [0.3, 0.4) is 0 Å². The second-order valence-electron chi connectivity index (χ2n) is 7.91. The van der Waals surface area contributed by atoms with Crippen LogP contribution in [0.1, 0.15) is 36.1 Å². The van der Waals surface area contributed by atoms with E-state index < -0.39 is 11.8 Å². The van der Waals surface area contributed by atoms with Gasteiger partial charge in [0.15, 0.2) is 0 Å². The number of rotatable bonds is 6. The number of aliphatic carboxylic acids is 1. The number of fused-ring (bicyclic) bond motifs is 1. The fourth-order valence-electron chi connectivity index (χ4n) is 3.78. The summed E-state index contributed by atoms with van der Waals surface area (Å²) >= 11 is 5.92. The van der Waals surface area contributed by atoms with Gasteiger partial charge in [-0.15, -0.1) is 0 Å². The van der Waals surface area contributed by atoms with E-state index >= 15 is 0 Å². The van der Waals surface area contributed by atoms with Gasteiger partial charge in [0.2, 0.25) is 0 Å². The van der Waals surface area contributed by atoms with Crippen LogP contribution in [0.2, 0.25) is 5.02 Å². The molecule has 158 valence electrons. The molecule has 2 N–H and O–H groups in total. The van der Waals surface area contributed by atoms with E-state index in [0.717, 1.165) is 16.8 Å². The summed E-state index contributed by atoms with van der Waals surface area (Å²) in [4.78, 5) is 13.7. The minimum Gasteiger partial charge on any atom is -0.478 e. The molecule has 2 aromatic carbocycles. The monoisotopic (exact) mass is 429 g/mol. The third-order valence-electron chi connectivity index (χ3n) is 5.61. The van der Waals surface area contributed by atoms with Crippen LogP contribution in [-0.4, -0.2) is 28.8 Å². The van der Waals surface area contributed by atoms with E-state index in [0.29, 0.717) is 23.1 Å². The van der Waals surface area contributed by atoms with Gasteiger partial charge in [0, 0.05) is 23.9 Å². The number of nitrogens with zero attached hydrogens (tertiary/aromatic N) is 1. The molecule has 1 unspecified atom stereocenters. The first-order valence-electron chi connectivity index (χ1n) is 9.76. The molecule has 3 rings (SSSR count). The summed E-state index contributed by atoms with van der Waals surface area (Å²) in [5, 5.41) is 19.7. The Morgan fingerprint density at radius 2 is 1.97 bits per heavy atom. The molecule has 6 heteroatoms. The summed E-state index contributed by atoms with van der Waals surface area (Å²) in [5.41, 5.74) is 4.16. The number of carbonyl (C=O) groups is 1. The van der Waals surface area contributed by atoms with Gasteiger partial charge >= 0.3 is 5.97 Å². The van der Waals surface area contributed by atoms with Crippen molar-refractivity contribution in [2.45, 2.75) is 33.2 Å². The summed E-state index contributed by atoms with van der Waals surface area (Å²) in [6.45, 7) is 9.75. The molecule has 0 aliphatic carbocycles. The van der Waals surface area contributed by atoms with Crippen molar-refractivity contribution < 1.29 is 19.4 Å². The zero-order valence-electron chi connectivity index (χ0n) is 17.2. The van der Waals surface area contributed by atoms with Gasteiger partial charge in [-0.3, -0.25) is 0 Å². The van der Waals surface area contributed by atoms with Gasteiger partial charge in [-0.1, -0.05) is 44.2 Å². The van der Waals surface area contributed by atoms with Gasteiger partial charge in [-0.2, -0.15) is 0 Å². The molecule has 0 radical (unpaired) electrons. The van der Waals surface area contributed by atoms with Crippen molar-refractivity contribution in [3.63, 3.8) is 0 Å². The maximum atomic E-state index is 14.4. The lowest BCUT2D eigenvalue weighted by Gasteiger charge is -2.37. The summed E-state index contributed by atoms with van der Waals surface area (Å²) in [6, 6.07) is 8.41. The van der Waals surface area contributed by atoms with Gasteiger partial charge < -0.3 is 15.1 Å². The predicted octanol–water partition coefficient (Wildman–Crippen LogP) is 5.20. The Labute approximate surface area is 180 Å². The Hall–Kier alpha value is -2.63. The van der Waals surface area contributed by atoms with Crippen LogP contribution >= 0.6 is 11.6 Å². The topological polar surface area (TPSA) is 60.8 Å². The lowest BCUT2D eigenvalue weighted by atomic mass is 9.88. The molecular formula is C24H25ClFNO3. The Morgan fingerprint density at radius 1 is 1.27 bits per heavy atom. The molecule has 0 aromatic heterocycles. The van der Waals surface area contributed by atoms with Gasteiger partial charge in [0.25, 0.3) is 0 Å². The number of hydrogen-bond donors (Lipinski definition) is 2. The zero-order valence-corrected chi connectivity index (χ0v) is 18.0. The van der Waals surface area contributed by atoms with E-state index in [-0.39, 0.29) is 29.2 Å². The van der Waals surface area contributed by atoms with Crippen molar-refractivity contribution in [1.29, 1.82) is 0 Å². The third-order valence-corrected chi connectivity index (χ3v) is 5.90. The van der Waals surface area contributed by atoms with Crippen LogP contribution in [-0.2, 0) is 11.2 Å². The number of benzene rings is 2. The van der Waals surface area contributed by atoms with E-state index in [9.17, 15) is 19.4 Å². The average molecular weight is 430 g/mol. The van der Waals surface area contributed by atoms with Crippen molar-refractivity contribution in [3.05, 3.63) is 81.8 Å². The molecule has 0 spiro atoms. The van der Waals surface area contributed by atoms with E-state index in [1.54, 1.807) is 18.3 Å². The van der Waals surface area contributed by atoms with E-state index in [1.165, 1.54) is 6.07 Å². The van der Waals surface area contributed by atoms with Crippen LogP contribution in [0.5, 0.6) is 0 Å². The predicted molar refractivity (Wildman–Crippen MR) is 118 cm³/mol. The van der Waals surface area contributed by atoms with Crippen molar-refractivity contribution in [2.24, 2.45) is 5.92 Å². The first-order chi connectivity index (χ1) is 14.1. The van der Waals surface area contributed by atoms with Gasteiger partial charge in [0.1, 0.15) is 5.82 Å². The smallest absolute Gasteiger partial charge is 0.337 e. The van der Waals surface area contributed by atoms with Crippen LogP contribution in [0.15, 0.2) is 48.7 Å². The van der Waals surface area contributed by atoms with Crippen LogP contribution in [0.4, 0.5) is 10.1 Å². The first-order valence-corrected chi connectivity index (χ1v) is 10.1. The number of carboxylic acids is 1. The molecule has 0 fully saturated rings. The number of carboxylic acid groups (broad SMARTS) is 1. The summed E-state index contributed by atoms with van der Waals surface area (Å²) in [6.07, 6.45) is 1.86. The normalized spacial score (nSPS) is 14.6. The molecule has 1 heterocycles. The number of aryl methyl sites for hydroxylation is 1. The molecule has 1 aliphatic heterocycles. The minimum absolute atomic E-state index is 0.0671. The van der Waals surface area contributed by atoms with Crippen LogP contribution in [0.25, 0.3) is 5.57 Å². The molecule has 0 amide bonds. The van der Waals surface area contributed by atoms with Crippen molar-refractivity contribution in [3.8, 4) is 0 Å². The number of aliphatic hydroxyl groups is 1. The SMILES string of the molecule is C=C1C(C(=O)O)=CN(C(CO)C(C)C)c2cc(C)c(Cc3cccc(Cl)c3F)cc21. The molecule has 0 bridgehead atoms. The highest BCUT2D eigenvalue weighted by atomic mass is 35.5. The first kappa shape index (κ1) is 22.1. The molecule has 0 saturated heterocycles. The lowest BCUT2D eigenvalue weighted by molar-refractivity contribution is -0.132. The number of aliphatic hydroxyl groups excluding tert-OH is 1.